The van der Waals surface area contributed by atoms with Crippen LogP contribution < -0.4 is 5.06 Å². The van der Waals surface area contributed by atoms with Crippen LogP contribution in [0.4, 0.5) is 15.3 Å². The van der Waals surface area contributed by atoms with Gasteiger partial charge in [0, 0.05) is 0 Å². The Morgan fingerprint density at radius 3 is 1.91 bits per heavy atom. The van der Waals surface area contributed by atoms with E-state index in [-0.39, 0.29) is 0 Å². The molecule has 0 heterocycles. The van der Waals surface area contributed by atoms with Crippen LogP contribution in [0.3, 0.4) is 0 Å². The Morgan fingerprint density at radius 1 is 0.913 bits per heavy atom. The molecular weight excluding hydrogens is 298 g/mol. The number of hydrogen-bond acceptors (Lipinski definition) is 5. The molecule has 23 heavy (non-hydrogen) atoms. The second-order valence-electron chi connectivity index (χ2n) is 7.12. The monoisotopic (exact) mass is 323 g/mol. The lowest BCUT2D eigenvalue weighted by Crippen LogP contribution is -2.40. The van der Waals surface area contributed by atoms with Gasteiger partial charge in [-0.05, 0) is 60.1 Å². The smallest absolute Gasteiger partial charge is 0.441 e. The van der Waals surface area contributed by atoms with Crippen LogP contribution in [0.1, 0.15) is 47.1 Å². The number of nitrogens with zero attached hydrogens (tertiary/aromatic N) is 1. The first-order valence-corrected chi connectivity index (χ1v) is 7.39. The second kappa shape index (κ2) is 6.89. The van der Waals surface area contributed by atoms with Gasteiger partial charge in [0.05, 0.1) is 5.69 Å². The molecule has 0 saturated heterocycles. The molecule has 0 bridgehead atoms. The summed E-state index contributed by atoms with van der Waals surface area (Å²) in [6.45, 7) is 12.1. The summed E-state index contributed by atoms with van der Waals surface area (Å²) < 4.78 is 10.4. The van der Waals surface area contributed by atoms with Crippen molar-refractivity contribution >= 4 is 17.9 Å². The zero-order valence-electron chi connectivity index (χ0n) is 14.8. The molecule has 1 rings (SSSR count). The van der Waals surface area contributed by atoms with Gasteiger partial charge in [-0.25, -0.2) is 9.59 Å². The van der Waals surface area contributed by atoms with Gasteiger partial charge >= 0.3 is 12.2 Å². The molecule has 0 spiro atoms. The number of para-hydroxylation sites is 1. The molecular formula is C17H25NO5. The molecule has 0 N–H and O–H groups in total. The zero-order valence-corrected chi connectivity index (χ0v) is 14.8. The standard InChI is InChI=1S/C17H25NO5/c1-12-10-8-9-11-13(12)18(14(19)21-16(2,3)4)23-15(20)22-17(5,6)7/h8-11H,1-7H3. The Labute approximate surface area is 137 Å². The number of hydroxylamine groups is 1. The quantitative estimate of drug-likeness (QED) is 0.558. The molecule has 1 aromatic carbocycles. The molecule has 0 aromatic heterocycles. The van der Waals surface area contributed by atoms with Gasteiger partial charge in [-0.3, -0.25) is 4.84 Å². The Bertz CT molecular complexity index is 569. The highest BCUT2D eigenvalue weighted by molar-refractivity contribution is 5.88. The Kier molecular flexibility index (Phi) is 5.64. The third kappa shape index (κ3) is 6.59. The van der Waals surface area contributed by atoms with Crippen molar-refractivity contribution in [3.05, 3.63) is 29.8 Å². The van der Waals surface area contributed by atoms with Gasteiger partial charge in [0.25, 0.3) is 0 Å². The van der Waals surface area contributed by atoms with E-state index in [0.717, 1.165) is 10.6 Å². The van der Waals surface area contributed by atoms with Crippen molar-refractivity contribution in [2.24, 2.45) is 0 Å². The molecule has 6 nitrogen and oxygen atoms in total. The SMILES string of the molecule is Cc1ccccc1N(OC(=O)OC(C)(C)C)C(=O)OC(C)(C)C. The minimum atomic E-state index is -0.980. The van der Waals surface area contributed by atoms with E-state index < -0.39 is 23.5 Å². The van der Waals surface area contributed by atoms with E-state index in [9.17, 15) is 9.59 Å². The third-order valence-corrected chi connectivity index (χ3v) is 2.45. The van der Waals surface area contributed by atoms with Crippen molar-refractivity contribution in [3.8, 4) is 0 Å². The molecule has 1 amide bonds. The van der Waals surface area contributed by atoms with E-state index in [4.69, 9.17) is 14.3 Å². The Balaban J connectivity index is 3.05. The van der Waals surface area contributed by atoms with Gasteiger partial charge in [0.2, 0.25) is 0 Å². The van der Waals surface area contributed by atoms with Crippen LogP contribution in [0, 0.1) is 6.92 Å². The van der Waals surface area contributed by atoms with E-state index >= 15 is 0 Å². The molecule has 0 aliphatic carbocycles. The predicted octanol–water partition coefficient (Wildman–Crippen LogP) is 4.60. The molecule has 0 aliphatic rings. The van der Waals surface area contributed by atoms with Crippen molar-refractivity contribution in [1.29, 1.82) is 0 Å². The van der Waals surface area contributed by atoms with Gasteiger partial charge in [-0.1, -0.05) is 23.3 Å². The van der Waals surface area contributed by atoms with Crippen LogP contribution in [-0.4, -0.2) is 23.5 Å². The summed E-state index contributed by atoms with van der Waals surface area (Å²) in [6.07, 6.45) is -1.77. The van der Waals surface area contributed by atoms with Crippen LogP contribution in [0.15, 0.2) is 24.3 Å². The van der Waals surface area contributed by atoms with Crippen molar-refractivity contribution in [1.82, 2.24) is 0 Å². The maximum Gasteiger partial charge on any atom is 0.534 e. The lowest BCUT2D eigenvalue weighted by Gasteiger charge is -2.27. The van der Waals surface area contributed by atoms with Gasteiger partial charge in [0.15, 0.2) is 0 Å². The third-order valence-electron chi connectivity index (χ3n) is 2.45. The van der Waals surface area contributed by atoms with Crippen LogP contribution >= 0.6 is 0 Å². The fourth-order valence-electron chi connectivity index (χ4n) is 1.62. The Morgan fingerprint density at radius 2 is 1.43 bits per heavy atom. The fourth-order valence-corrected chi connectivity index (χ4v) is 1.62. The molecule has 0 aliphatic heterocycles. The van der Waals surface area contributed by atoms with Gasteiger partial charge in [-0.2, -0.15) is 0 Å². The lowest BCUT2D eigenvalue weighted by atomic mass is 10.2. The van der Waals surface area contributed by atoms with E-state index in [2.05, 4.69) is 0 Å². The fraction of sp³-hybridized carbons (Fsp3) is 0.529. The van der Waals surface area contributed by atoms with Crippen LogP contribution in [-0.2, 0) is 14.3 Å². The molecule has 0 saturated carbocycles. The number of hydrogen-bond donors (Lipinski definition) is 0. The number of benzene rings is 1. The second-order valence-corrected chi connectivity index (χ2v) is 7.12. The highest BCUT2D eigenvalue weighted by Crippen LogP contribution is 2.23. The number of rotatable bonds is 1. The number of anilines is 1. The summed E-state index contributed by atoms with van der Waals surface area (Å²) in [4.78, 5) is 29.4. The summed E-state index contributed by atoms with van der Waals surface area (Å²) in [6, 6.07) is 7.01. The summed E-state index contributed by atoms with van der Waals surface area (Å²) in [7, 11) is 0. The molecule has 128 valence electrons. The highest BCUT2D eigenvalue weighted by atomic mass is 16.8. The van der Waals surface area contributed by atoms with Crippen molar-refractivity contribution in [2.45, 2.75) is 59.7 Å². The van der Waals surface area contributed by atoms with Crippen molar-refractivity contribution in [2.75, 3.05) is 5.06 Å². The first kappa shape index (κ1) is 18.8. The maximum atomic E-state index is 12.4. The normalized spacial score (nSPS) is 11.6. The van der Waals surface area contributed by atoms with E-state index in [1.807, 2.05) is 6.07 Å². The number of ether oxygens (including phenoxy) is 2. The number of carbonyl (C=O) groups excluding carboxylic acids is 2. The predicted molar refractivity (Wildman–Crippen MR) is 87.2 cm³/mol. The van der Waals surface area contributed by atoms with E-state index in [1.165, 1.54) is 0 Å². The van der Waals surface area contributed by atoms with Crippen LogP contribution in [0.2, 0.25) is 0 Å². The number of aryl methyl sites for hydroxylation is 1. The molecule has 6 heteroatoms. The molecule has 0 fully saturated rings. The summed E-state index contributed by atoms with van der Waals surface area (Å²) in [5.41, 5.74) is -0.299. The zero-order chi connectivity index (χ0) is 17.8. The first-order chi connectivity index (χ1) is 10.4. The first-order valence-electron chi connectivity index (χ1n) is 7.39. The Hall–Kier alpha value is -2.24. The van der Waals surface area contributed by atoms with E-state index in [1.54, 1.807) is 66.7 Å². The largest absolute Gasteiger partial charge is 0.534 e. The van der Waals surface area contributed by atoms with Gasteiger partial charge in [0.1, 0.15) is 11.2 Å². The molecule has 0 unspecified atom stereocenters. The minimum Gasteiger partial charge on any atom is -0.441 e. The minimum absolute atomic E-state index is 0.410. The van der Waals surface area contributed by atoms with E-state index in [0.29, 0.717) is 5.69 Å². The average Bonchev–Trinajstić information content (AvgIpc) is 2.32. The van der Waals surface area contributed by atoms with Crippen LogP contribution in [0.25, 0.3) is 0 Å². The maximum absolute atomic E-state index is 12.4. The van der Waals surface area contributed by atoms with Gasteiger partial charge < -0.3 is 9.47 Å². The number of carbonyl (C=O) groups is 2. The summed E-state index contributed by atoms with van der Waals surface area (Å²) in [5, 5.41) is 0.814. The highest BCUT2D eigenvalue weighted by Gasteiger charge is 2.30. The molecule has 0 atom stereocenters. The van der Waals surface area contributed by atoms with Crippen LogP contribution in [0.5, 0.6) is 0 Å². The lowest BCUT2D eigenvalue weighted by molar-refractivity contribution is -0.0205. The summed E-state index contributed by atoms with van der Waals surface area (Å²) >= 11 is 0. The summed E-state index contributed by atoms with van der Waals surface area (Å²) in [5.74, 6) is 0. The van der Waals surface area contributed by atoms with Gasteiger partial charge in [-0.15, -0.1) is 0 Å². The van der Waals surface area contributed by atoms with Crippen molar-refractivity contribution in [3.63, 3.8) is 0 Å². The number of amides is 1. The van der Waals surface area contributed by atoms with Crippen molar-refractivity contribution < 1.29 is 23.9 Å². The molecule has 0 radical (unpaired) electrons. The average molecular weight is 323 g/mol. The molecule has 1 aromatic rings. The topological polar surface area (TPSA) is 65.1 Å².